The zero-order chi connectivity index (χ0) is 16.2. The van der Waals surface area contributed by atoms with Gasteiger partial charge in [0.1, 0.15) is 11.6 Å². The van der Waals surface area contributed by atoms with Crippen LogP contribution in [0.5, 0.6) is 5.75 Å². The molecule has 3 rings (SSSR count). The van der Waals surface area contributed by atoms with Gasteiger partial charge in [-0.2, -0.15) is 0 Å². The monoisotopic (exact) mass is 305 g/mol. The van der Waals surface area contributed by atoms with E-state index in [0.29, 0.717) is 0 Å². The molecular weight excluding hydrogens is 289 g/mol. The Labute approximate surface area is 134 Å². The normalized spacial score (nSPS) is 11.0. The number of para-hydroxylation sites is 1. The number of aryl methyl sites for hydroxylation is 1. The van der Waals surface area contributed by atoms with Crippen LogP contribution >= 0.6 is 0 Å². The second kappa shape index (κ2) is 6.44. The van der Waals surface area contributed by atoms with Crippen LogP contribution in [0.4, 0.5) is 4.39 Å². The minimum absolute atomic E-state index is 0.207. The number of hydrogen-bond acceptors (Lipinski definition) is 2. The van der Waals surface area contributed by atoms with Gasteiger partial charge in [0.15, 0.2) is 0 Å². The maximum atomic E-state index is 13.3. The largest absolute Gasteiger partial charge is 0.507 e. The molecule has 0 spiro atoms. The number of halogens is 1. The highest BCUT2D eigenvalue weighted by Gasteiger charge is 2.08. The van der Waals surface area contributed by atoms with Crippen molar-refractivity contribution in [2.24, 2.45) is 0 Å². The summed E-state index contributed by atoms with van der Waals surface area (Å²) in [5.74, 6) is -0.0659. The Morgan fingerprint density at radius 3 is 2.52 bits per heavy atom. The van der Waals surface area contributed by atoms with Crippen molar-refractivity contribution < 1.29 is 9.50 Å². The van der Waals surface area contributed by atoms with Gasteiger partial charge in [-0.05, 0) is 42.8 Å². The molecule has 1 N–H and O–H groups in total. The molecule has 0 amide bonds. The number of aromatic nitrogens is 1. The average molecular weight is 305 g/mol. The number of nitrogens with zero attached hydrogens (tertiary/aromatic N) is 1. The fourth-order valence-electron chi connectivity index (χ4n) is 2.42. The minimum Gasteiger partial charge on any atom is -0.507 e. The maximum absolute atomic E-state index is 13.3. The SMILES string of the molecule is Cc1ccc(-c2ccccc2O)c(C=Cc2cccc(F)c2)n1. The second-order valence-electron chi connectivity index (χ2n) is 5.29. The van der Waals surface area contributed by atoms with Crippen LogP contribution in [-0.4, -0.2) is 10.1 Å². The second-order valence-corrected chi connectivity index (χ2v) is 5.29. The first-order chi connectivity index (χ1) is 11.1. The highest BCUT2D eigenvalue weighted by molar-refractivity contribution is 5.81. The van der Waals surface area contributed by atoms with E-state index in [9.17, 15) is 9.50 Å². The zero-order valence-electron chi connectivity index (χ0n) is 12.7. The van der Waals surface area contributed by atoms with E-state index in [0.717, 1.165) is 28.1 Å². The first kappa shape index (κ1) is 15.0. The van der Waals surface area contributed by atoms with Crippen LogP contribution in [0.25, 0.3) is 23.3 Å². The summed E-state index contributed by atoms with van der Waals surface area (Å²) in [4.78, 5) is 4.54. The van der Waals surface area contributed by atoms with Gasteiger partial charge >= 0.3 is 0 Å². The third-order valence-electron chi connectivity index (χ3n) is 3.54. The molecule has 2 nitrogen and oxygen atoms in total. The molecule has 0 atom stereocenters. The third kappa shape index (κ3) is 3.46. The molecule has 0 aliphatic rings. The lowest BCUT2D eigenvalue weighted by molar-refractivity contribution is 0.477. The van der Waals surface area contributed by atoms with Crippen molar-refractivity contribution in [1.82, 2.24) is 4.98 Å². The molecule has 0 saturated carbocycles. The van der Waals surface area contributed by atoms with Crippen LogP contribution in [0.1, 0.15) is 17.0 Å². The third-order valence-corrected chi connectivity index (χ3v) is 3.54. The lowest BCUT2D eigenvalue weighted by Gasteiger charge is -2.08. The van der Waals surface area contributed by atoms with Gasteiger partial charge in [-0.1, -0.05) is 42.5 Å². The number of benzene rings is 2. The van der Waals surface area contributed by atoms with E-state index < -0.39 is 0 Å². The Morgan fingerprint density at radius 2 is 1.74 bits per heavy atom. The van der Waals surface area contributed by atoms with Crippen LogP contribution in [0.2, 0.25) is 0 Å². The number of rotatable bonds is 3. The molecule has 0 radical (unpaired) electrons. The predicted octanol–water partition coefficient (Wildman–Crippen LogP) is 5.07. The van der Waals surface area contributed by atoms with Crippen LogP contribution in [0.15, 0.2) is 60.7 Å². The van der Waals surface area contributed by atoms with Gasteiger partial charge in [0.05, 0.1) is 5.69 Å². The maximum Gasteiger partial charge on any atom is 0.123 e. The fraction of sp³-hybridized carbons (Fsp3) is 0.0500. The Hall–Kier alpha value is -2.94. The van der Waals surface area contributed by atoms with Crippen molar-refractivity contribution in [2.75, 3.05) is 0 Å². The van der Waals surface area contributed by atoms with Gasteiger partial charge in [0.2, 0.25) is 0 Å². The molecule has 0 bridgehead atoms. The molecule has 0 aliphatic carbocycles. The molecule has 2 aromatic carbocycles. The van der Waals surface area contributed by atoms with E-state index in [2.05, 4.69) is 4.98 Å². The molecule has 0 fully saturated rings. The van der Waals surface area contributed by atoms with Crippen LogP contribution in [-0.2, 0) is 0 Å². The van der Waals surface area contributed by atoms with Crippen molar-refractivity contribution >= 4 is 12.2 Å². The molecule has 0 saturated heterocycles. The predicted molar refractivity (Wildman–Crippen MR) is 91.4 cm³/mol. The van der Waals surface area contributed by atoms with Crippen LogP contribution < -0.4 is 0 Å². The van der Waals surface area contributed by atoms with Crippen molar-refractivity contribution in [2.45, 2.75) is 6.92 Å². The molecule has 3 aromatic rings. The summed E-state index contributed by atoms with van der Waals surface area (Å²) in [6.45, 7) is 1.91. The lowest BCUT2D eigenvalue weighted by Crippen LogP contribution is -1.91. The first-order valence-corrected chi connectivity index (χ1v) is 7.33. The van der Waals surface area contributed by atoms with Crippen LogP contribution in [0, 0.1) is 12.7 Å². The van der Waals surface area contributed by atoms with E-state index in [1.165, 1.54) is 12.1 Å². The molecule has 1 aromatic heterocycles. The number of phenols is 1. The average Bonchev–Trinajstić information content (AvgIpc) is 2.54. The van der Waals surface area contributed by atoms with E-state index >= 15 is 0 Å². The number of phenolic OH excluding ortho intramolecular Hbond substituents is 1. The molecule has 23 heavy (non-hydrogen) atoms. The number of pyridine rings is 1. The summed E-state index contributed by atoms with van der Waals surface area (Å²) in [6, 6.07) is 17.4. The Bertz CT molecular complexity index is 871. The molecule has 3 heteroatoms. The molecule has 0 aliphatic heterocycles. The van der Waals surface area contributed by atoms with Crippen molar-refractivity contribution in [3.8, 4) is 16.9 Å². The standard InChI is InChI=1S/C20H16FNO/c1-14-9-11-17(18-7-2-3-8-20(18)23)19(22-14)12-10-15-5-4-6-16(21)13-15/h2-13,23H,1H3. The van der Waals surface area contributed by atoms with Crippen molar-refractivity contribution in [3.63, 3.8) is 0 Å². The van der Waals surface area contributed by atoms with Gasteiger partial charge in [0.25, 0.3) is 0 Å². The van der Waals surface area contributed by atoms with E-state index in [-0.39, 0.29) is 11.6 Å². The van der Waals surface area contributed by atoms with Crippen molar-refractivity contribution in [3.05, 3.63) is 83.4 Å². The highest BCUT2D eigenvalue weighted by Crippen LogP contribution is 2.31. The summed E-state index contributed by atoms with van der Waals surface area (Å²) in [5.41, 5.74) is 3.93. The summed E-state index contributed by atoms with van der Waals surface area (Å²) < 4.78 is 13.3. The first-order valence-electron chi connectivity index (χ1n) is 7.33. The Balaban J connectivity index is 2.05. The Morgan fingerprint density at radius 1 is 0.913 bits per heavy atom. The fourth-order valence-corrected chi connectivity index (χ4v) is 2.42. The van der Waals surface area contributed by atoms with Crippen molar-refractivity contribution in [1.29, 1.82) is 0 Å². The summed E-state index contributed by atoms with van der Waals surface area (Å²) in [7, 11) is 0. The van der Waals surface area contributed by atoms with E-state index in [1.807, 2.05) is 49.4 Å². The zero-order valence-corrected chi connectivity index (χ0v) is 12.7. The smallest absolute Gasteiger partial charge is 0.123 e. The van der Waals surface area contributed by atoms with Gasteiger partial charge in [0, 0.05) is 16.8 Å². The summed E-state index contributed by atoms with van der Waals surface area (Å²) in [6.07, 6.45) is 3.65. The number of aromatic hydroxyl groups is 1. The number of hydrogen-bond donors (Lipinski definition) is 1. The van der Waals surface area contributed by atoms with E-state index in [4.69, 9.17) is 0 Å². The summed E-state index contributed by atoms with van der Waals surface area (Å²) in [5, 5.41) is 10.1. The molecule has 114 valence electrons. The van der Waals surface area contributed by atoms with E-state index in [1.54, 1.807) is 18.2 Å². The molecular formula is C20H16FNO. The highest BCUT2D eigenvalue weighted by atomic mass is 19.1. The summed E-state index contributed by atoms with van der Waals surface area (Å²) >= 11 is 0. The van der Waals surface area contributed by atoms with Crippen LogP contribution in [0.3, 0.4) is 0 Å². The quantitative estimate of drug-likeness (QED) is 0.732. The van der Waals surface area contributed by atoms with Gasteiger partial charge in [-0.3, -0.25) is 4.98 Å². The van der Waals surface area contributed by atoms with Gasteiger partial charge < -0.3 is 5.11 Å². The molecule has 0 unspecified atom stereocenters. The lowest BCUT2D eigenvalue weighted by atomic mass is 10.0. The topological polar surface area (TPSA) is 33.1 Å². The minimum atomic E-state index is -0.273. The van der Waals surface area contributed by atoms with Gasteiger partial charge in [-0.25, -0.2) is 4.39 Å². The Kier molecular flexibility index (Phi) is 4.20. The van der Waals surface area contributed by atoms with Gasteiger partial charge in [-0.15, -0.1) is 0 Å². The molecule has 1 heterocycles.